The van der Waals surface area contributed by atoms with E-state index < -0.39 is 0 Å². The maximum absolute atomic E-state index is 5.75. The SMILES string of the molecule is CC(C)CN(CCCCC(C)(C)CN)C(C)C. The summed E-state index contributed by atoms with van der Waals surface area (Å²) in [7, 11) is 0. The zero-order valence-corrected chi connectivity index (χ0v) is 12.9. The first-order chi connectivity index (χ1) is 7.78. The van der Waals surface area contributed by atoms with Crippen molar-refractivity contribution in [3.05, 3.63) is 0 Å². The van der Waals surface area contributed by atoms with Crippen LogP contribution in [0.4, 0.5) is 0 Å². The molecule has 0 rings (SSSR count). The van der Waals surface area contributed by atoms with Crippen LogP contribution in [0, 0.1) is 11.3 Å². The van der Waals surface area contributed by atoms with E-state index in [0.29, 0.717) is 11.5 Å². The first-order valence-corrected chi connectivity index (χ1v) is 7.22. The van der Waals surface area contributed by atoms with Gasteiger partial charge in [0.2, 0.25) is 0 Å². The Bertz CT molecular complexity index is 185. The van der Waals surface area contributed by atoms with E-state index in [1.54, 1.807) is 0 Å². The molecule has 0 saturated carbocycles. The van der Waals surface area contributed by atoms with E-state index in [2.05, 4.69) is 46.4 Å². The van der Waals surface area contributed by atoms with Crippen molar-refractivity contribution in [3.8, 4) is 0 Å². The number of nitrogens with zero attached hydrogens (tertiary/aromatic N) is 1. The summed E-state index contributed by atoms with van der Waals surface area (Å²) in [4.78, 5) is 2.60. The Morgan fingerprint density at radius 1 is 1.06 bits per heavy atom. The minimum Gasteiger partial charge on any atom is -0.330 e. The average molecular weight is 242 g/mol. The largest absolute Gasteiger partial charge is 0.330 e. The van der Waals surface area contributed by atoms with Crippen molar-refractivity contribution in [2.24, 2.45) is 17.1 Å². The maximum atomic E-state index is 5.75. The first-order valence-electron chi connectivity index (χ1n) is 7.22. The molecular weight excluding hydrogens is 208 g/mol. The van der Waals surface area contributed by atoms with E-state index in [4.69, 9.17) is 5.73 Å². The topological polar surface area (TPSA) is 29.3 Å². The van der Waals surface area contributed by atoms with Crippen LogP contribution in [0.3, 0.4) is 0 Å². The molecular formula is C15H34N2. The third kappa shape index (κ3) is 8.62. The Hall–Kier alpha value is -0.0800. The summed E-state index contributed by atoms with van der Waals surface area (Å²) in [6.45, 7) is 17.0. The highest BCUT2D eigenvalue weighted by atomic mass is 15.1. The standard InChI is InChI=1S/C15H34N2/c1-13(2)11-17(14(3)4)10-8-7-9-15(5,6)12-16/h13-14H,7-12,16H2,1-6H3. The van der Waals surface area contributed by atoms with Gasteiger partial charge in [0.05, 0.1) is 0 Å². The molecule has 17 heavy (non-hydrogen) atoms. The molecule has 0 aliphatic heterocycles. The molecule has 0 aromatic rings. The molecule has 0 aliphatic carbocycles. The quantitative estimate of drug-likeness (QED) is 0.627. The van der Waals surface area contributed by atoms with E-state index >= 15 is 0 Å². The minimum atomic E-state index is 0.320. The zero-order valence-electron chi connectivity index (χ0n) is 12.9. The predicted octanol–water partition coefficient (Wildman–Crippen LogP) is 3.51. The lowest BCUT2D eigenvalue weighted by molar-refractivity contribution is 0.190. The van der Waals surface area contributed by atoms with E-state index in [1.807, 2.05) is 0 Å². The lowest BCUT2D eigenvalue weighted by atomic mass is 9.87. The van der Waals surface area contributed by atoms with Gasteiger partial charge in [0.1, 0.15) is 0 Å². The molecule has 0 amide bonds. The van der Waals surface area contributed by atoms with Gasteiger partial charge >= 0.3 is 0 Å². The van der Waals surface area contributed by atoms with E-state index in [1.165, 1.54) is 32.4 Å². The molecule has 0 spiro atoms. The van der Waals surface area contributed by atoms with Crippen molar-refractivity contribution in [2.75, 3.05) is 19.6 Å². The van der Waals surface area contributed by atoms with Gasteiger partial charge < -0.3 is 10.6 Å². The molecule has 0 aliphatic rings. The molecule has 2 heteroatoms. The Morgan fingerprint density at radius 3 is 2.06 bits per heavy atom. The summed E-state index contributed by atoms with van der Waals surface area (Å²) < 4.78 is 0. The van der Waals surface area contributed by atoms with Gasteiger partial charge in [-0.2, -0.15) is 0 Å². The maximum Gasteiger partial charge on any atom is 0.00387 e. The lowest BCUT2D eigenvalue weighted by Gasteiger charge is -2.29. The van der Waals surface area contributed by atoms with Crippen LogP contribution < -0.4 is 5.73 Å². The van der Waals surface area contributed by atoms with Gasteiger partial charge in [-0.1, -0.05) is 34.1 Å². The van der Waals surface area contributed by atoms with Gasteiger partial charge in [0.15, 0.2) is 0 Å². The van der Waals surface area contributed by atoms with Gasteiger partial charge in [0, 0.05) is 12.6 Å². The van der Waals surface area contributed by atoms with Crippen molar-refractivity contribution in [1.29, 1.82) is 0 Å². The number of nitrogens with two attached hydrogens (primary N) is 1. The van der Waals surface area contributed by atoms with E-state index in [0.717, 1.165) is 12.5 Å². The number of hydrogen-bond donors (Lipinski definition) is 1. The van der Waals surface area contributed by atoms with Crippen LogP contribution in [0.2, 0.25) is 0 Å². The summed E-state index contributed by atoms with van der Waals surface area (Å²) in [5.41, 5.74) is 6.07. The van der Waals surface area contributed by atoms with Crippen LogP contribution >= 0.6 is 0 Å². The Labute approximate surface area is 109 Å². The molecule has 0 aromatic carbocycles. The number of unbranched alkanes of at least 4 members (excludes halogenated alkanes) is 1. The fraction of sp³-hybridized carbons (Fsp3) is 1.00. The molecule has 0 bridgehead atoms. The lowest BCUT2D eigenvalue weighted by Crippen LogP contribution is -2.35. The second-order valence-corrected chi connectivity index (χ2v) is 6.81. The van der Waals surface area contributed by atoms with Crippen molar-refractivity contribution < 1.29 is 0 Å². The fourth-order valence-electron chi connectivity index (χ4n) is 2.05. The highest BCUT2D eigenvalue weighted by Gasteiger charge is 2.15. The average Bonchev–Trinajstić information content (AvgIpc) is 2.21. The highest BCUT2D eigenvalue weighted by molar-refractivity contribution is 4.70. The second-order valence-electron chi connectivity index (χ2n) is 6.81. The molecule has 0 aromatic heterocycles. The summed E-state index contributed by atoms with van der Waals surface area (Å²) >= 11 is 0. The van der Waals surface area contributed by atoms with Crippen LogP contribution in [-0.4, -0.2) is 30.6 Å². The number of rotatable bonds is 9. The normalized spacial score (nSPS) is 13.1. The van der Waals surface area contributed by atoms with Crippen molar-refractivity contribution in [2.45, 2.75) is 66.8 Å². The minimum absolute atomic E-state index is 0.320. The van der Waals surface area contributed by atoms with Crippen LogP contribution in [0.1, 0.15) is 60.8 Å². The first kappa shape index (κ1) is 16.9. The molecule has 0 fully saturated rings. The van der Waals surface area contributed by atoms with Gasteiger partial charge in [0.25, 0.3) is 0 Å². The second kappa shape index (κ2) is 8.10. The van der Waals surface area contributed by atoms with Crippen LogP contribution in [-0.2, 0) is 0 Å². The van der Waals surface area contributed by atoms with Gasteiger partial charge in [-0.15, -0.1) is 0 Å². The molecule has 0 radical (unpaired) electrons. The Kier molecular flexibility index (Phi) is 8.06. The summed E-state index contributed by atoms with van der Waals surface area (Å²) in [5.74, 6) is 0.762. The van der Waals surface area contributed by atoms with E-state index in [9.17, 15) is 0 Å². The third-order valence-corrected chi connectivity index (χ3v) is 3.43. The molecule has 104 valence electrons. The van der Waals surface area contributed by atoms with Gasteiger partial charge in [-0.05, 0) is 51.1 Å². The van der Waals surface area contributed by atoms with E-state index in [-0.39, 0.29) is 0 Å². The molecule has 2 nitrogen and oxygen atoms in total. The molecule has 2 N–H and O–H groups in total. The van der Waals surface area contributed by atoms with Crippen LogP contribution in [0.5, 0.6) is 0 Å². The summed E-state index contributed by atoms with van der Waals surface area (Å²) in [6.07, 6.45) is 3.84. The highest BCUT2D eigenvalue weighted by Crippen LogP contribution is 2.21. The summed E-state index contributed by atoms with van der Waals surface area (Å²) in [5, 5.41) is 0. The van der Waals surface area contributed by atoms with Crippen LogP contribution in [0.15, 0.2) is 0 Å². The molecule has 0 heterocycles. The van der Waals surface area contributed by atoms with Crippen molar-refractivity contribution in [3.63, 3.8) is 0 Å². The number of hydrogen-bond acceptors (Lipinski definition) is 2. The Morgan fingerprint density at radius 2 is 1.65 bits per heavy atom. The van der Waals surface area contributed by atoms with Crippen molar-refractivity contribution >= 4 is 0 Å². The zero-order chi connectivity index (χ0) is 13.5. The van der Waals surface area contributed by atoms with Gasteiger partial charge in [-0.3, -0.25) is 0 Å². The summed E-state index contributed by atoms with van der Waals surface area (Å²) in [6, 6.07) is 0.667. The molecule has 0 atom stereocenters. The van der Waals surface area contributed by atoms with Crippen LogP contribution in [0.25, 0.3) is 0 Å². The fourth-order valence-corrected chi connectivity index (χ4v) is 2.05. The smallest absolute Gasteiger partial charge is 0.00387 e. The van der Waals surface area contributed by atoms with Crippen molar-refractivity contribution in [1.82, 2.24) is 4.90 Å². The molecule has 0 saturated heterocycles. The Balaban J connectivity index is 3.83. The third-order valence-electron chi connectivity index (χ3n) is 3.43. The molecule has 0 unspecified atom stereocenters. The predicted molar refractivity (Wildman–Crippen MR) is 78.2 cm³/mol. The van der Waals surface area contributed by atoms with Gasteiger partial charge in [-0.25, -0.2) is 0 Å². The monoisotopic (exact) mass is 242 g/mol.